The van der Waals surface area contributed by atoms with Crippen LogP contribution in [0.5, 0.6) is 0 Å². The van der Waals surface area contributed by atoms with Gasteiger partial charge in [-0.25, -0.2) is 0 Å². The average molecular weight is 325 g/mol. The highest BCUT2D eigenvalue weighted by Gasteiger charge is 2.33. The molecule has 1 aliphatic rings. The molecule has 1 saturated heterocycles. The van der Waals surface area contributed by atoms with Crippen molar-refractivity contribution in [1.29, 1.82) is 0 Å². The van der Waals surface area contributed by atoms with E-state index in [2.05, 4.69) is 31.1 Å². The van der Waals surface area contributed by atoms with E-state index >= 15 is 0 Å². The van der Waals surface area contributed by atoms with Gasteiger partial charge in [-0.05, 0) is 17.5 Å². The normalized spacial score (nSPS) is 15.2. The Kier molecular flexibility index (Phi) is 4.26. The van der Waals surface area contributed by atoms with Gasteiger partial charge in [0.25, 0.3) is 5.91 Å². The minimum atomic E-state index is -0.138. The van der Waals surface area contributed by atoms with Gasteiger partial charge in [0.05, 0.1) is 17.1 Å². The number of aromatic nitrogens is 1. The van der Waals surface area contributed by atoms with Crippen molar-refractivity contribution in [3.05, 3.63) is 42.1 Å². The molecule has 1 N–H and O–H groups in total. The third kappa shape index (κ3) is 3.72. The Bertz CT molecular complexity index is 774. The standard InChI is InChI=1S/C19H23N3O2/c1-19(2,3)9-17(23)22-11-15(12-22)21-18(24)14-8-13-6-4-5-7-16(13)20-10-14/h4-8,10,15H,9,11-12H2,1-3H3,(H,21,24). The maximum atomic E-state index is 12.3. The zero-order valence-corrected chi connectivity index (χ0v) is 14.4. The van der Waals surface area contributed by atoms with E-state index in [1.165, 1.54) is 0 Å². The first-order valence-electron chi connectivity index (χ1n) is 8.25. The van der Waals surface area contributed by atoms with Gasteiger partial charge >= 0.3 is 0 Å². The van der Waals surface area contributed by atoms with E-state index in [1.54, 1.807) is 11.1 Å². The largest absolute Gasteiger partial charge is 0.346 e. The van der Waals surface area contributed by atoms with Gasteiger partial charge in [-0.1, -0.05) is 39.0 Å². The monoisotopic (exact) mass is 325 g/mol. The molecular formula is C19H23N3O2. The first kappa shape index (κ1) is 16.4. The zero-order valence-electron chi connectivity index (χ0n) is 14.4. The van der Waals surface area contributed by atoms with Crippen molar-refractivity contribution in [2.75, 3.05) is 13.1 Å². The molecule has 24 heavy (non-hydrogen) atoms. The number of carbonyl (C=O) groups excluding carboxylic acids is 2. The number of hydrogen-bond acceptors (Lipinski definition) is 3. The Morgan fingerprint density at radius 2 is 1.96 bits per heavy atom. The van der Waals surface area contributed by atoms with Crippen LogP contribution in [-0.4, -0.2) is 40.8 Å². The molecule has 1 aromatic carbocycles. The van der Waals surface area contributed by atoms with Gasteiger partial charge in [-0.2, -0.15) is 0 Å². The van der Waals surface area contributed by atoms with Gasteiger partial charge < -0.3 is 10.2 Å². The number of fused-ring (bicyclic) bond motifs is 1. The molecule has 0 saturated carbocycles. The molecular weight excluding hydrogens is 302 g/mol. The molecule has 126 valence electrons. The lowest BCUT2D eigenvalue weighted by molar-refractivity contribution is -0.137. The second-order valence-electron chi connectivity index (χ2n) is 7.62. The Balaban J connectivity index is 1.55. The Morgan fingerprint density at radius 1 is 1.25 bits per heavy atom. The van der Waals surface area contributed by atoms with E-state index in [-0.39, 0.29) is 23.3 Å². The molecule has 0 aliphatic carbocycles. The number of rotatable bonds is 3. The quantitative estimate of drug-likeness (QED) is 0.943. The topological polar surface area (TPSA) is 62.3 Å². The second-order valence-corrected chi connectivity index (χ2v) is 7.62. The van der Waals surface area contributed by atoms with Crippen molar-refractivity contribution in [1.82, 2.24) is 15.2 Å². The summed E-state index contributed by atoms with van der Waals surface area (Å²) in [6.45, 7) is 7.33. The third-order valence-corrected chi connectivity index (χ3v) is 4.10. The fraction of sp³-hybridized carbons (Fsp3) is 0.421. The van der Waals surface area contributed by atoms with Gasteiger partial charge in [0.1, 0.15) is 0 Å². The van der Waals surface area contributed by atoms with E-state index < -0.39 is 0 Å². The van der Waals surface area contributed by atoms with Crippen LogP contribution in [0.4, 0.5) is 0 Å². The molecule has 0 atom stereocenters. The molecule has 2 amide bonds. The summed E-state index contributed by atoms with van der Waals surface area (Å²) in [6.07, 6.45) is 2.13. The molecule has 1 aliphatic heterocycles. The lowest BCUT2D eigenvalue weighted by Gasteiger charge is -2.40. The number of benzene rings is 1. The highest BCUT2D eigenvalue weighted by Crippen LogP contribution is 2.22. The van der Waals surface area contributed by atoms with Crippen LogP contribution in [0.2, 0.25) is 0 Å². The van der Waals surface area contributed by atoms with Gasteiger partial charge in [-0.15, -0.1) is 0 Å². The summed E-state index contributed by atoms with van der Waals surface area (Å²) in [5.41, 5.74) is 1.41. The number of hydrogen-bond donors (Lipinski definition) is 1. The average Bonchev–Trinajstić information content (AvgIpc) is 2.47. The van der Waals surface area contributed by atoms with Gasteiger partial charge in [0, 0.05) is 31.1 Å². The van der Waals surface area contributed by atoms with Gasteiger partial charge in [0.2, 0.25) is 5.91 Å². The van der Waals surface area contributed by atoms with E-state index in [9.17, 15) is 9.59 Å². The van der Waals surface area contributed by atoms with Crippen LogP contribution in [0.15, 0.2) is 36.5 Å². The third-order valence-electron chi connectivity index (χ3n) is 4.10. The smallest absolute Gasteiger partial charge is 0.253 e. The SMILES string of the molecule is CC(C)(C)CC(=O)N1CC(NC(=O)c2cnc3ccccc3c2)C1. The highest BCUT2D eigenvalue weighted by atomic mass is 16.2. The first-order chi connectivity index (χ1) is 11.3. The number of pyridine rings is 1. The maximum absolute atomic E-state index is 12.3. The van der Waals surface area contributed by atoms with Crippen LogP contribution in [-0.2, 0) is 4.79 Å². The highest BCUT2D eigenvalue weighted by molar-refractivity contribution is 5.97. The molecule has 0 bridgehead atoms. The summed E-state index contributed by atoms with van der Waals surface area (Å²) in [5.74, 6) is 0.0153. The molecule has 0 spiro atoms. The zero-order chi connectivity index (χ0) is 17.3. The van der Waals surface area contributed by atoms with Crippen LogP contribution in [0.25, 0.3) is 10.9 Å². The second kappa shape index (κ2) is 6.23. The molecule has 2 heterocycles. The van der Waals surface area contributed by atoms with E-state index in [1.807, 2.05) is 30.3 Å². The lowest BCUT2D eigenvalue weighted by atomic mass is 9.90. The summed E-state index contributed by atoms with van der Waals surface area (Å²) < 4.78 is 0. The van der Waals surface area contributed by atoms with E-state index in [0.717, 1.165) is 10.9 Å². The molecule has 0 unspecified atom stereocenters. The van der Waals surface area contributed by atoms with Crippen molar-refractivity contribution in [2.45, 2.75) is 33.2 Å². The van der Waals surface area contributed by atoms with Crippen LogP contribution < -0.4 is 5.32 Å². The van der Waals surface area contributed by atoms with Crippen LogP contribution in [0, 0.1) is 5.41 Å². The molecule has 1 fully saturated rings. The number of nitrogens with zero attached hydrogens (tertiary/aromatic N) is 2. The molecule has 1 aromatic heterocycles. The minimum Gasteiger partial charge on any atom is -0.346 e. The molecule has 5 heteroatoms. The number of nitrogens with one attached hydrogen (secondary N) is 1. The molecule has 3 rings (SSSR count). The predicted octanol–water partition coefficient (Wildman–Crippen LogP) is 2.61. The number of carbonyl (C=O) groups is 2. The summed E-state index contributed by atoms with van der Waals surface area (Å²) in [5, 5.41) is 3.92. The van der Waals surface area contributed by atoms with Crippen LogP contribution in [0.1, 0.15) is 37.6 Å². The van der Waals surface area contributed by atoms with Crippen molar-refractivity contribution in [2.24, 2.45) is 5.41 Å². The lowest BCUT2D eigenvalue weighted by Crippen LogP contribution is -2.61. The maximum Gasteiger partial charge on any atom is 0.253 e. The Morgan fingerprint density at radius 3 is 2.67 bits per heavy atom. The fourth-order valence-corrected chi connectivity index (χ4v) is 2.80. The molecule has 0 radical (unpaired) electrons. The van der Waals surface area contributed by atoms with Gasteiger partial charge in [0.15, 0.2) is 0 Å². The summed E-state index contributed by atoms with van der Waals surface area (Å²) >= 11 is 0. The minimum absolute atomic E-state index is 0.0117. The summed E-state index contributed by atoms with van der Waals surface area (Å²) in [4.78, 5) is 30.5. The van der Waals surface area contributed by atoms with Crippen molar-refractivity contribution in [3.8, 4) is 0 Å². The van der Waals surface area contributed by atoms with Crippen LogP contribution in [0.3, 0.4) is 0 Å². The van der Waals surface area contributed by atoms with E-state index in [4.69, 9.17) is 0 Å². The summed E-state index contributed by atoms with van der Waals surface area (Å²) in [6, 6.07) is 9.58. The predicted molar refractivity (Wildman–Crippen MR) is 93.6 cm³/mol. The van der Waals surface area contributed by atoms with Crippen LogP contribution >= 0.6 is 0 Å². The van der Waals surface area contributed by atoms with Crippen molar-refractivity contribution >= 4 is 22.7 Å². The van der Waals surface area contributed by atoms with Gasteiger partial charge in [-0.3, -0.25) is 14.6 Å². The molecule has 2 aromatic rings. The number of likely N-dealkylation sites (tertiary alicyclic amines) is 1. The Labute approximate surface area is 142 Å². The summed E-state index contributed by atoms with van der Waals surface area (Å²) in [7, 11) is 0. The molecule has 5 nitrogen and oxygen atoms in total. The number of amides is 2. The first-order valence-corrected chi connectivity index (χ1v) is 8.25. The fourth-order valence-electron chi connectivity index (χ4n) is 2.80. The Hall–Kier alpha value is -2.43. The number of para-hydroxylation sites is 1. The van der Waals surface area contributed by atoms with Crippen molar-refractivity contribution in [3.63, 3.8) is 0 Å². The van der Waals surface area contributed by atoms with Crippen molar-refractivity contribution < 1.29 is 9.59 Å². The van der Waals surface area contributed by atoms with E-state index in [0.29, 0.717) is 25.1 Å².